The van der Waals surface area contributed by atoms with Gasteiger partial charge in [-0.05, 0) is 43.1 Å². The van der Waals surface area contributed by atoms with Crippen LogP contribution in [-0.2, 0) is 0 Å². The van der Waals surface area contributed by atoms with Crippen LogP contribution in [0.3, 0.4) is 0 Å². The van der Waals surface area contributed by atoms with Crippen LogP contribution in [0.15, 0.2) is 18.2 Å². The molecular weight excluding hydrogens is 272 g/mol. The van der Waals surface area contributed by atoms with Crippen LogP contribution in [-0.4, -0.2) is 17.9 Å². The van der Waals surface area contributed by atoms with Gasteiger partial charge in [0.05, 0.1) is 0 Å². The molecule has 1 aliphatic carbocycles. The van der Waals surface area contributed by atoms with Crippen molar-refractivity contribution < 1.29 is 9.47 Å². The predicted octanol–water partition coefficient (Wildman–Crippen LogP) is 3.28. The van der Waals surface area contributed by atoms with Gasteiger partial charge in [0.1, 0.15) is 0 Å². The number of benzene rings is 1. The summed E-state index contributed by atoms with van der Waals surface area (Å²) in [7, 11) is 0. The minimum Gasteiger partial charge on any atom is -0.454 e. The third-order valence-corrected chi connectivity index (χ3v) is 4.28. The number of thiocarbonyl (C=S) groups is 1. The van der Waals surface area contributed by atoms with Crippen molar-refractivity contribution in [3.05, 3.63) is 18.2 Å². The van der Waals surface area contributed by atoms with Crippen LogP contribution >= 0.6 is 12.2 Å². The smallest absolute Gasteiger partial charge is 0.231 e. The van der Waals surface area contributed by atoms with Gasteiger partial charge < -0.3 is 20.1 Å². The lowest BCUT2D eigenvalue weighted by molar-refractivity contribution is 0.174. The lowest BCUT2D eigenvalue weighted by Crippen LogP contribution is -2.43. The van der Waals surface area contributed by atoms with E-state index < -0.39 is 0 Å². The first-order valence-electron chi connectivity index (χ1n) is 7.19. The van der Waals surface area contributed by atoms with Gasteiger partial charge in [0.2, 0.25) is 6.79 Å². The summed E-state index contributed by atoms with van der Waals surface area (Å²) < 4.78 is 10.7. The summed E-state index contributed by atoms with van der Waals surface area (Å²) >= 11 is 5.40. The fourth-order valence-corrected chi connectivity index (χ4v) is 3.11. The highest BCUT2D eigenvalue weighted by atomic mass is 32.1. The maximum Gasteiger partial charge on any atom is 0.231 e. The molecule has 20 heavy (non-hydrogen) atoms. The molecule has 0 unspecified atom stereocenters. The van der Waals surface area contributed by atoms with E-state index in [0.717, 1.165) is 17.2 Å². The number of hydrogen-bond acceptors (Lipinski definition) is 3. The molecule has 1 saturated carbocycles. The summed E-state index contributed by atoms with van der Waals surface area (Å²) in [6.45, 7) is 2.58. The summed E-state index contributed by atoms with van der Waals surface area (Å²) in [5.74, 6) is 2.24. The van der Waals surface area contributed by atoms with E-state index >= 15 is 0 Å². The molecule has 4 nitrogen and oxygen atoms in total. The second-order valence-corrected chi connectivity index (χ2v) is 5.94. The van der Waals surface area contributed by atoms with Crippen LogP contribution in [0.25, 0.3) is 0 Å². The molecule has 1 aromatic rings. The molecule has 0 bridgehead atoms. The monoisotopic (exact) mass is 292 g/mol. The Morgan fingerprint density at radius 2 is 2.00 bits per heavy atom. The van der Waals surface area contributed by atoms with Crippen molar-refractivity contribution in [3.63, 3.8) is 0 Å². The van der Waals surface area contributed by atoms with E-state index in [-0.39, 0.29) is 0 Å². The van der Waals surface area contributed by atoms with Gasteiger partial charge in [-0.3, -0.25) is 0 Å². The molecule has 2 N–H and O–H groups in total. The highest BCUT2D eigenvalue weighted by Gasteiger charge is 2.22. The second-order valence-electron chi connectivity index (χ2n) is 5.53. The van der Waals surface area contributed by atoms with Crippen molar-refractivity contribution in [1.82, 2.24) is 5.32 Å². The zero-order valence-electron chi connectivity index (χ0n) is 11.6. The van der Waals surface area contributed by atoms with Gasteiger partial charge >= 0.3 is 0 Å². The first-order valence-corrected chi connectivity index (χ1v) is 7.60. The number of anilines is 1. The first-order chi connectivity index (χ1) is 9.72. The molecule has 3 rings (SSSR count). The molecule has 108 valence electrons. The molecule has 1 aromatic carbocycles. The van der Waals surface area contributed by atoms with Crippen LogP contribution < -0.4 is 20.1 Å². The summed E-state index contributed by atoms with van der Waals surface area (Å²) in [5.41, 5.74) is 0.926. The largest absolute Gasteiger partial charge is 0.454 e. The number of rotatable bonds is 2. The quantitative estimate of drug-likeness (QED) is 0.819. The Bertz CT molecular complexity index is 507. The third kappa shape index (κ3) is 2.98. The molecule has 0 radical (unpaired) electrons. The standard InChI is InChI=1S/C15H20N2O2S/c1-10-4-2-3-5-12(10)17-15(20)16-11-6-7-13-14(8-11)19-9-18-13/h6-8,10,12H,2-5,9H2,1H3,(H2,16,17,20)/t10-,12-/m0/s1. The van der Waals surface area contributed by atoms with Crippen LogP contribution in [0, 0.1) is 5.92 Å². The van der Waals surface area contributed by atoms with E-state index in [1.54, 1.807) is 0 Å². The maximum absolute atomic E-state index is 5.40. The molecule has 1 aliphatic heterocycles. The average molecular weight is 292 g/mol. The number of hydrogen-bond donors (Lipinski definition) is 2. The topological polar surface area (TPSA) is 42.5 Å². The molecule has 1 fully saturated rings. The van der Waals surface area contributed by atoms with Gasteiger partial charge in [-0.2, -0.15) is 0 Å². The van der Waals surface area contributed by atoms with Crippen LogP contribution in [0.2, 0.25) is 0 Å². The van der Waals surface area contributed by atoms with Crippen molar-refractivity contribution in [2.45, 2.75) is 38.6 Å². The molecule has 0 saturated heterocycles. The molecule has 0 spiro atoms. The lowest BCUT2D eigenvalue weighted by Gasteiger charge is -2.30. The zero-order chi connectivity index (χ0) is 13.9. The van der Waals surface area contributed by atoms with Crippen molar-refractivity contribution in [2.75, 3.05) is 12.1 Å². The molecule has 1 heterocycles. The summed E-state index contributed by atoms with van der Waals surface area (Å²) in [6.07, 6.45) is 5.10. The molecular formula is C15H20N2O2S. The second kappa shape index (κ2) is 5.87. The summed E-state index contributed by atoms with van der Waals surface area (Å²) in [6, 6.07) is 6.25. The van der Waals surface area contributed by atoms with Gasteiger partial charge in [0, 0.05) is 17.8 Å². The van der Waals surface area contributed by atoms with E-state index in [1.165, 1.54) is 25.7 Å². The van der Waals surface area contributed by atoms with Crippen LogP contribution in [0.4, 0.5) is 5.69 Å². The SMILES string of the molecule is C[C@H]1CCCC[C@@H]1NC(=S)Nc1ccc2c(c1)OCO2. The van der Waals surface area contributed by atoms with Crippen molar-refractivity contribution in [3.8, 4) is 11.5 Å². The summed E-state index contributed by atoms with van der Waals surface area (Å²) in [5, 5.41) is 7.34. The van der Waals surface area contributed by atoms with Crippen LogP contribution in [0.1, 0.15) is 32.6 Å². The maximum atomic E-state index is 5.40. The molecule has 5 heteroatoms. The molecule has 2 aliphatic rings. The van der Waals surface area contributed by atoms with Gasteiger partial charge in [-0.25, -0.2) is 0 Å². The number of nitrogens with one attached hydrogen (secondary N) is 2. The van der Waals surface area contributed by atoms with E-state index in [1.807, 2.05) is 18.2 Å². The normalized spacial score (nSPS) is 24.2. The van der Waals surface area contributed by atoms with Crippen molar-refractivity contribution in [1.29, 1.82) is 0 Å². The highest BCUT2D eigenvalue weighted by molar-refractivity contribution is 7.80. The first kappa shape index (κ1) is 13.5. The Hall–Kier alpha value is -1.49. The Morgan fingerprint density at radius 3 is 2.85 bits per heavy atom. The Balaban J connectivity index is 1.58. The Labute approximate surface area is 124 Å². The predicted molar refractivity (Wildman–Crippen MR) is 83.3 cm³/mol. The highest BCUT2D eigenvalue weighted by Crippen LogP contribution is 2.34. The van der Waals surface area contributed by atoms with E-state index in [9.17, 15) is 0 Å². The molecule has 0 amide bonds. The number of fused-ring (bicyclic) bond motifs is 1. The van der Waals surface area contributed by atoms with Crippen molar-refractivity contribution in [2.24, 2.45) is 5.92 Å². The average Bonchev–Trinajstić information content (AvgIpc) is 2.89. The molecule has 0 aromatic heterocycles. The van der Waals surface area contributed by atoms with Crippen molar-refractivity contribution >= 4 is 23.0 Å². The van der Waals surface area contributed by atoms with Crippen LogP contribution in [0.5, 0.6) is 11.5 Å². The minimum absolute atomic E-state index is 0.293. The minimum atomic E-state index is 0.293. The molecule has 2 atom stereocenters. The lowest BCUT2D eigenvalue weighted by atomic mass is 9.86. The Kier molecular flexibility index (Phi) is 3.96. The summed E-state index contributed by atoms with van der Waals surface area (Å²) in [4.78, 5) is 0. The van der Waals surface area contributed by atoms with E-state index in [0.29, 0.717) is 23.9 Å². The van der Waals surface area contributed by atoms with Gasteiger partial charge in [0.25, 0.3) is 0 Å². The van der Waals surface area contributed by atoms with Gasteiger partial charge in [-0.1, -0.05) is 19.8 Å². The number of ether oxygens (including phenoxy) is 2. The Morgan fingerprint density at radius 1 is 1.20 bits per heavy atom. The van der Waals surface area contributed by atoms with E-state index in [4.69, 9.17) is 21.7 Å². The van der Waals surface area contributed by atoms with Gasteiger partial charge in [-0.15, -0.1) is 0 Å². The van der Waals surface area contributed by atoms with Gasteiger partial charge in [0.15, 0.2) is 16.6 Å². The zero-order valence-corrected chi connectivity index (χ0v) is 12.5. The van der Waals surface area contributed by atoms with E-state index in [2.05, 4.69) is 17.6 Å². The third-order valence-electron chi connectivity index (χ3n) is 4.06. The fourth-order valence-electron chi connectivity index (χ4n) is 2.84. The fraction of sp³-hybridized carbons (Fsp3) is 0.533.